The number of likely N-dealkylation sites (N-methyl/N-ethyl adjacent to an activating group) is 1. The number of ether oxygens (including phenoxy) is 1. The monoisotopic (exact) mass is 326 g/mol. The summed E-state index contributed by atoms with van der Waals surface area (Å²) in [5, 5.41) is 3.00. The van der Waals surface area contributed by atoms with Gasteiger partial charge in [-0.1, -0.05) is 24.3 Å². The molecule has 0 heterocycles. The molecular formula is C20H26N2O2. The number of anilines is 1. The number of benzene rings is 2. The van der Waals surface area contributed by atoms with Crippen LogP contribution in [0, 0.1) is 6.92 Å². The molecule has 0 unspecified atom stereocenters. The van der Waals surface area contributed by atoms with Crippen LogP contribution in [-0.4, -0.2) is 32.7 Å². The second kappa shape index (κ2) is 9.08. The Morgan fingerprint density at radius 3 is 2.67 bits per heavy atom. The molecule has 0 aliphatic carbocycles. The summed E-state index contributed by atoms with van der Waals surface area (Å²) >= 11 is 0. The van der Waals surface area contributed by atoms with Crippen LogP contribution in [0.25, 0.3) is 0 Å². The van der Waals surface area contributed by atoms with Crippen LogP contribution in [0.4, 0.5) is 5.69 Å². The first-order valence-corrected chi connectivity index (χ1v) is 8.31. The first-order chi connectivity index (χ1) is 11.6. The molecule has 0 fully saturated rings. The summed E-state index contributed by atoms with van der Waals surface area (Å²) in [7, 11) is 1.65. The molecule has 2 rings (SSSR count). The summed E-state index contributed by atoms with van der Waals surface area (Å²) in [6.45, 7) is 7.02. The van der Waals surface area contributed by atoms with Crippen molar-refractivity contribution in [2.24, 2.45) is 0 Å². The zero-order chi connectivity index (χ0) is 17.4. The van der Waals surface area contributed by atoms with Crippen LogP contribution in [0.3, 0.4) is 0 Å². The maximum Gasteiger partial charge on any atom is 0.251 e. The Morgan fingerprint density at radius 2 is 1.96 bits per heavy atom. The fourth-order valence-corrected chi connectivity index (χ4v) is 2.67. The molecule has 24 heavy (non-hydrogen) atoms. The lowest BCUT2D eigenvalue weighted by molar-refractivity contribution is 0.0954. The lowest BCUT2D eigenvalue weighted by atomic mass is 10.1. The SMILES string of the molecule is CCN(CCNC(=O)c1cccc(COC)c1)c1cccc(C)c1. The van der Waals surface area contributed by atoms with E-state index < -0.39 is 0 Å². The average Bonchev–Trinajstić information content (AvgIpc) is 2.59. The van der Waals surface area contributed by atoms with Gasteiger partial charge in [0, 0.05) is 38.0 Å². The summed E-state index contributed by atoms with van der Waals surface area (Å²) in [5.74, 6) is -0.0479. The highest BCUT2D eigenvalue weighted by Gasteiger charge is 2.08. The van der Waals surface area contributed by atoms with E-state index in [0.29, 0.717) is 18.7 Å². The Hall–Kier alpha value is -2.33. The molecule has 0 aliphatic rings. The van der Waals surface area contributed by atoms with Crippen molar-refractivity contribution in [3.05, 3.63) is 65.2 Å². The van der Waals surface area contributed by atoms with E-state index in [2.05, 4.69) is 48.3 Å². The van der Waals surface area contributed by atoms with Gasteiger partial charge in [-0.3, -0.25) is 4.79 Å². The minimum atomic E-state index is -0.0479. The molecule has 0 aliphatic heterocycles. The molecule has 0 atom stereocenters. The fraction of sp³-hybridized carbons (Fsp3) is 0.350. The predicted molar refractivity (Wildman–Crippen MR) is 98.6 cm³/mol. The van der Waals surface area contributed by atoms with Crippen LogP contribution in [0.2, 0.25) is 0 Å². The van der Waals surface area contributed by atoms with Gasteiger partial charge in [0.05, 0.1) is 6.61 Å². The van der Waals surface area contributed by atoms with Gasteiger partial charge in [0.15, 0.2) is 0 Å². The van der Waals surface area contributed by atoms with Crippen molar-refractivity contribution in [3.8, 4) is 0 Å². The Kier molecular flexibility index (Phi) is 6.82. The van der Waals surface area contributed by atoms with E-state index >= 15 is 0 Å². The second-order valence-electron chi connectivity index (χ2n) is 5.81. The average molecular weight is 326 g/mol. The van der Waals surface area contributed by atoms with Crippen molar-refractivity contribution in [1.29, 1.82) is 0 Å². The zero-order valence-electron chi connectivity index (χ0n) is 14.7. The van der Waals surface area contributed by atoms with Crippen LogP contribution in [0.15, 0.2) is 48.5 Å². The van der Waals surface area contributed by atoms with E-state index in [4.69, 9.17) is 4.74 Å². The lowest BCUT2D eigenvalue weighted by Crippen LogP contribution is -2.35. The van der Waals surface area contributed by atoms with Crippen molar-refractivity contribution >= 4 is 11.6 Å². The Morgan fingerprint density at radius 1 is 1.17 bits per heavy atom. The van der Waals surface area contributed by atoms with Gasteiger partial charge in [0.1, 0.15) is 0 Å². The molecule has 0 radical (unpaired) electrons. The highest BCUT2D eigenvalue weighted by Crippen LogP contribution is 2.15. The number of methoxy groups -OCH3 is 1. The van der Waals surface area contributed by atoms with Crippen LogP contribution >= 0.6 is 0 Å². The normalized spacial score (nSPS) is 10.5. The van der Waals surface area contributed by atoms with Gasteiger partial charge in [-0.05, 0) is 49.2 Å². The minimum absolute atomic E-state index is 0.0479. The summed E-state index contributed by atoms with van der Waals surface area (Å²) in [4.78, 5) is 14.5. The molecule has 0 saturated carbocycles. The van der Waals surface area contributed by atoms with E-state index in [1.807, 2.05) is 24.3 Å². The first-order valence-electron chi connectivity index (χ1n) is 8.31. The van der Waals surface area contributed by atoms with Gasteiger partial charge < -0.3 is 15.0 Å². The molecular weight excluding hydrogens is 300 g/mol. The summed E-state index contributed by atoms with van der Waals surface area (Å²) in [5.41, 5.74) is 4.10. The topological polar surface area (TPSA) is 41.6 Å². The van der Waals surface area contributed by atoms with E-state index in [1.165, 1.54) is 11.3 Å². The molecule has 4 nitrogen and oxygen atoms in total. The molecule has 0 saturated heterocycles. The molecule has 0 bridgehead atoms. The third kappa shape index (κ3) is 5.10. The highest BCUT2D eigenvalue weighted by molar-refractivity contribution is 5.94. The maximum absolute atomic E-state index is 12.3. The number of nitrogens with one attached hydrogen (secondary N) is 1. The van der Waals surface area contributed by atoms with Crippen LogP contribution < -0.4 is 10.2 Å². The van der Waals surface area contributed by atoms with Gasteiger partial charge in [-0.2, -0.15) is 0 Å². The third-order valence-corrected chi connectivity index (χ3v) is 3.92. The number of carbonyl (C=O) groups is 1. The van der Waals surface area contributed by atoms with Crippen molar-refractivity contribution in [3.63, 3.8) is 0 Å². The number of rotatable bonds is 8. The van der Waals surface area contributed by atoms with E-state index in [9.17, 15) is 4.79 Å². The number of hydrogen-bond donors (Lipinski definition) is 1. The van der Waals surface area contributed by atoms with E-state index in [0.717, 1.165) is 18.7 Å². The van der Waals surface area contributed by atoms with Crippen molar-refractivity contribution in [2.75, 3.05) is 31.6 Å². The molecule has 2 aromatic rings. The standard InChI is InChI=1S/C20H26N2O2/c1-4-22(19-10-5-7-16(2)13-19)12-11-21-20(23)18-9-6-8-17(14-18)15-24-3/h5-10,13-14H,4,11-12,15H2,1-3H3,(H,21,23). The van der Waals surface area contributed by atoms with Crippen LogP contribution in [-0.2, 0) is 11.3 Å². The number of carbonyl (C=O) groups excluding carboxylic acids is 1. The second-order valence-corrected chi connectivity index (χ2v) is 5.81. The van der Waals surface area contributed by atoms with Gasteiger partial charge in [0.25, 0.3) is 5.91 Å². The molecule has 128 valence electrons. The van der Waals surface area contributed by atoms with Gasteiger partial charge in [0.2, 0.25) is 0 Å². The Bertz CT molecular complexity index is 670. The van der Waals surface area contributed by atoms with Gasteiger partial charge in [-0.25, -0.2) is 0 Å². The molecule has 4 heteroatoms. The molecule has 0 spiro atoms. The minimum Gasteiger partial charge on any atom is -0.380 e. The Labute approximate surface area is 144 Å². The molecule has 2 aromatic carbocycles. The van der Waals surface area contributed by atoms with Crippen molar-refractivity contribution in [2.45, 2.75) is 20.5 Å². The molecule has 1 amide bonds. The van der Waals surface area contributed by atoms with Crippen molar-refractivity contribution in [1.82, 2.24) is 5.32 Å². The van der Waals surface area contributed by atoms with E-state index in [1.54, 1.807) is 7.11 Å². The summed E-state index contributed by atoms with van der Waals surface area (Å²) < 4.78 is 5.11. The number of amides is 1. The van der Waals surface area contributed by atoms with E-state index in [-0.39, 0.29) is 5.91 Å². The first kappa shape index (κ1) is 18.0. The number of hydrogen-bond acceptors (Lipinski definition) is 3. The lowest BCUT2D eigenvalue weighted by Gasteiger charge is -2.23. The molecule has 1 N–H and O–H groups in total. The van der Waals surface area contributed by atoms with Crippen molar-refractivity contribution < 1.29 is 9.53 Å². The predicted octanol–water partition coefficient (Wildman–Crippen LogP) is 3.40. The summed E-state index contributed by atoms with van der Waals surface area (Å²) in [6.07, 6.45) is 0. The van der Waals surface area contributed by atoms with Gasteiger partial charge in [-0.15, -0.1) is 0 Å². The van der Waals surface area contributed by atoms with Crippen LogP contribution in [0.1, 0.15) is 28.4 Å². The highest BCUT2D eigenvalue weighted by atomic mass is 16.5. The maximum atomic E-state index is 12.3. The number of nitrogens with zero attached hydrogens (tertiary/aromatic N) is 1. The van der Waals surface area contributed by atoms with Gasteiger partial charge >= 0.3 is 0 Å². The summed E-state index contributed by atoms with van der Waals surface area (Å²) in [6, 6.07) is 16.0. The number of aryl methyl sites for hydroxylation is 1. The quantitative estimate of drug-likeness (QED) is 0.808. The Balaban J connectivity index is 1.90. The fourth-order valence-electron chi connectivity index (χ4n) is 2.67. The van der Waals surface area contributed by atoms with Crippen LogP contribution in [0.5, 0.6) is 0 Å². The largest absolute Gasteiger partial charge is 0.380 e. The molecule has 0 aromatic heterocycles. The third-order valence-electron chi connectivity index (χ3n) is 3.92. The smallest absolute Gasteiger partial charge is 0.251 e. The zero-order valence-corrected chi connectivity index (χ0v) is 14.7.